The zero-order valence-corrected chi connectivity index (χ0v) is 12.8. The van der Waals surface area contributed by atoms with Crippen LogP contribution in [0, 0.1) is 0 Å². The van der Waals surface area contributed by atoms with E-state index in [-0.39, 0.29) is 18.3 Å². The largest absolute Gasteiger partial charge is 0.392 e. The molecule has 0 aromatic heterocycles. The number of aliphatic hydroxyl groups is 1. The van der Waals surface area contributed by atoms with Gasteiger partial charge in [-0.15, -0.1) is 0 Å². The molecule has 1 fully saturated rings. The first-order valence-corrected chi connectivity index (χ1v) is 8.99. The summed E-state index contributed by atoms with van der Waals surface area (Å²) in [6.45, 7) is 1.20. The molecule has 21 heavy (non-hydrogen) atoms. The Labute approximate surface area is 125 Å². The van der Waals surface area contributed by atoms with E-state index in [0.29, 0.717) is 24.2 Å². The minimum Gasteiger partial charge on any atom is -0.392 e. The number of hydrogen-bond donors (Lipinski definition) is 1. The quantitative estimate of drug-likeness (QED) is 0.884. The summed E-state index contributed by atoms with van der Waals surface area (Å²) < 4.78 is 24.3. The van der Waals surface area contributed by atoms with Crippen LogP contribution in [0.1, 0.15) is 30.4 Å². The summed E-state index contributed by atoms with van der Waals surface area (Å²) in [6, 6.07) is 6.79. The summed E-state index contributed by atoms with van der Waals surface area (Å²) in [5, 5.41) is 9.07. The van der Waals surface area contributed by atoms with Crippen molar-refractivity contribution < 1.29 is 18.3 Å². The molecule has 5 nitrogen and oxygen atoms in total. The van der Waals surface area contributed by atoms with Crippen LogP contribution in [0.4, 0.5) is 0 Å². The van der Waals surface area contributed by atoms with Crippen LogP contribution < -0.4 is 0 Å². The van der Waals surface area contributed by atoms with Gasteiger partial charge < -0.3 is 10.0 Å². The fourth-order valence-electron chi connectivity index (χ4n) is 2.55. The van der Waals surface area contributed by atoms with Crippen LogP contribution in [-0.4, -0.2) is 43.2 Å². The summed E-state index contributed by atoms with van der Waals surface area (Å²) in [4.78, 5) is 13.7. The molecular formula is C15H21NO4S. The summed E-state index contributed by atoms with van der Waals surface area (Å²) >= 11 is 0. The molecule has 2 rings (SSSR count). The Hall–Kier alpha value is -1.40. The number of carbonyl (C=O) groups is 1. The molecule has 1 aromatic carbocycles. The smallest absolute Gasteiger partial charge is 0.237 e. The minimum atomic E-state index is -3.48. The molecule has 6 heteroatoms. The number of rotatable bonds is 5. The first-order chi connectivity index (χ1) is 10.00. The maximum atomic E-state index is 12.1. The standard InChI is InChI=1S/C15H21NO4S/c17-10-13-5-4-6-14(9-13)11-21(19,20)12-15(18)16-7-2-1-3-8-16/h4-6,9,17H,1-3,7-8,10-12H2. The molecule has 0 bridgehead atoms. The van der Waals surface area contributed by atoms with Gasteiger partial charge in [-0.2, -0.15) is 0 Å². The fourth-order valence-corrected chi connectivity index (χ4v) is 3.89. The highest BCUT2D eigenvalue weighted by molar-refractivity contribution is 7.91. The zero-order chi connectivity index (χ0) is 15.3. The number of hydrogen-bond acceptors (Lipinski definition) is 4. The highest BCUT2D eigenvalue weighted by Gasteiger charge is 2.23. The molecule has 1 heterocycles. The lowest BCUT2D eigenvalue weighted by molar-refractivity contribution is -0.129. The van der Waals surface area contributed by atoms with Crippen molar-refractivity contribution in [2.24, 2.45) is 0 Å². The minimum absolute atomic E-state index is 0.124. The lowest BCUT2D eigenvalue weighted by Gasteiger charge is -2.26. The van der Waals surface area contributed by atoms with E-state index >= 15 is 0 Å². The Morgan fingerprint density at radius 1 is 1.14 bits per heavy atom. The third-order valence-corrected chi connectivity index (χ3v) is 5.07. The van der Waals surface area contributed by atoms with Crippen molar-refractivity contribution >= 4 is 15.7 Å². The number of aliphatic hydroxyl groups excluding tert-OH is 1. The molecule has 0 unspecified atom stereocenters. The van der Waals surface area contributed by atoms with E-state index in [2.05, 4.69) is 0 Å². The molecule has 1 aliphatic heterocycles. The SMILES string of the molecule is O=C(CS(=O)(=O)Cc1cccc(CO)c1)N1CCCCC1. The third-order valence-electron chi connectivity index (χ3n) is 3.61. The molecule has 1 aromatic rings. The Morgan fingerprint density at radius 2 is 1.81 bits per heavy atom. The van der Waals surface area contributed by atoms with E-state index in [9.17, 15) is 13.2 Å². The van der Waals surface area contributed by atoms with Crippen LogP contribution in [0.15, 0.2) is 24.3 Å². The van der Waals surface area contributed by atoms with Crippen molar-refractivity contribution in [2.75, 3.05) is 18.8 Å². The zero-order valence-electron chi connectivity index (χ0n) is 12.0. The maximum Gasteiger partial charge on any atom is 0.237 e. The molecule has 1 amide bonds. The second kappa shape index (κ2) is 7.04. The van der Waals surface area contributed by atoms with E-state index in [1.165, 1.54) is 0 Å². The maximum absolute atomic E-state index is 12.1. The van der Waals surface area contributed by atoms with Gasteiger partial charge in [0.2, 0.25) is 5.91 Å². The van der Waals surface area contributed by atoms with Crippen LogP contribution in [0.3, 0.4) is 0 Å². The van der Waals surface area contributed by atoms with Gasteiger partial charge in [0.25, 0.3) is 0 Å². The Balaban J connectivity index is 1.99. The predicted molar refractivity (Wildman–Crippen MR) is 80.3 cm³/mol. The van der Waals surface area contributed by atoms with E-state index in [4.69, 9.17) is 5.11 Å². The van der Waals surface area contributed by atoms with Gasteiger partial charge in [0, 0.05) is 13.1 Å². The van der Waals surface area contributed by atoms with Crippen molar-refractivity contribution in [1.82, 2.24) is 4.90 Å². The molecule has 0 saturated carbocycles. The summed E-state index contributed by atoms with van der Waals surface area (Å²) in [6.07, 6.45) is 3.00. The van der Waals surface area contributed by atoms with Gasteiger partial charge in [0.1, 0.15) is 5.75 Å². The number of benzene rings is 1. The second-order valence-corrected chi connectivity index (χ2v) is 7.52. The average Bonchev–Trinajstić information content (AvgIpc) is 2.47. The van der Waals surface area contributed by atoms with E-state index in [1.54, 1.807) is 29.2 Å². The number of likely N-dealkylation sites (tertiary alicyclic amines) is 1. The van der Waals surface area contributed by atoms with E-state index in [0.717, 1.165) is 19.3 Å². The first kappa shape index (κ1) is 16.0. The van der Waals surface area contributed by atoms with Crippen molar-refractivity contribution in [3.63, 3.8) is 0 Å². The van der Waals surface area contributed by atoms with Gasteiger partial charge in [-0.25, -0.2) is 8.42 Å². The molecule has 0 spiro atoms. The average molecular weight is 311 g/mol. The highest BCUT2D eigenvalue weighted by Crippen LogP contribution is 2.13. The van der Waals surface area contributed by atoms with Crippen molar-refractivity contribution in [3.05, 3.63) is 35.4 Å². The van der Waals surface area contributed by atoms with Gasteiger partial charge in [0.15, 0.2) is 9.84 Å². The van der Waals surface area contributed by atoms with Gasteiger partial charge in [-0.3, -0.25) is 4.79 Å². The Bertz CT molecular complexity index is 591. The van der Waals surface area contributed by atoms with Crippen LogP contribution in [0.25, 0.3) is 0 Å². The topological polar surface area (TPSA) is 74.7 Å². The second-order valence-electron chi connectivity index (χ2n) is 5.45. The van der Waals surface area contributed by atoms with Gasteiger partial charge in [-0.1, -0.05) is 24.3 Å². The molecule has 0 aliphatic carbocycles. The predicted octanol–water partition coefficient (Wildman–Crippen LogP) is 1.11. The van der Waals surface area contributed by atoms with Crippen molar-refractivity contribution in [3.8, 4) is 0 Å². The molecule has 1 saturated heterocycles. The molecule has 0 radical (unpaired) electrons. The fraction of sp³-hybridized carbons (Fsp3) is 0.533. The van der Waals surface area contributed by atoms with E-state index in [1.807, 2.05) is 0 Å². The summed E-state index contributed by atoms with van der Waals surface area (Å²) in [5.74, 6) is -0.899. The first-order valence-electron chi connectivity index (χ1n) is 7.17. The lowest BCUT2D eigenvalue weighted by Crippen LogP contribution is -2.39. The number of sulfone groups is 1. The Kier molecular flexibility index (Phi) is 5.36. The monoisotopic (exact) mass is 311 g/mol. The lowest BCUT2D eigenvalue weighted by atomic mass is 10.1. The highest BCUT2D eigenvalue weighted by atomic mass is 32.2. The Morgan fingerprint density at radius 3 is 2.48 bits per heavy atom. The number of carbonyl (C=O) groups excluding carboxylic acids is 1. The molecule has 116 valence electrons. The van der Waals surface area contributed by atoms with Gasteiger partial charge in [-0.05, 0) is 30.4 Å². The third kappa shape index (κ3) is 4.82. The van der Waals surface area contributed by atoms with Crippen molar-refractivity contribution in [2.45, 2.75) is 31.6 Å². The molecule has 1 N–H and O–H groups in total. The van der Waals surface area contributed by atoms with Gasteiger partial charge in [0.05, 0.1) is 12.4 Å². The molecule has 1 aliphatic rings. The molecular weight excluding hydrogens is 290 g/mol. The van der Waals surface area contributed by atoms with Crippen LogP contribution in [0.2, 0.25) is 0 Å². The van der Waals surface area contributed by atoms with E-state index < -0.39 is 15.6 Å². The van der Waals surface area contributed by atoms with Gasteiger partial charge >= 0.3 is 0 Å². The van der Waals surface area contributed by atoms with Crippen molar-refractivity contribution in [1.29, 1.82) is 0 Å². The van der Waals surface area contributed by atoms with Crippen LogP contribution in [0.5, 0.6) is 0 Å². The summed E-state index contributed by atoms with van der Waals surface area (Å²) in [7, 11) is -3.48. The number of nitrogens with zero attached hydrogens (tertiary/aromatic N) is 1. The number of piperidine rings is 1. The normalized spacial score (nSPS) is 16.0. The summed E-state index contributed by atoms with van der Waals surface area (Å²) in [5.41, 5.74) is 1.28. The number of amides is 1. The van der Waals surface area contributed by atoms with Crippen LogP contribution >= 0.6 is 0 Å². The molecule has 0 atom stereocenters. The van der Waals surface area contributed by atoms with Crippen LogP contribution in [-0.2, 0) is 27.0 Å².